The highest BCUT2D eigenvalue weighted by Crippen LogP contribution is 2.31. The normalized spacial score (nSPS) is 20.6. The number of nitrogens with zero attached hydrogens (tertiary/aromatic N) is 1. The van der Waals surface area contributed by atoms with Gasteiger partial charge in [-0.1, -0.05) is 36.4 Å². The van der Waals surface area contributed by atoms with Gasteiger partial charge in [-0.05, 0) is 42.9 Å². The summed E-state index contributed by atoms with van der Waals surface area (Å²) in [5.74, 6) is 0.113. The maximum absolute atomic E-state index is 12.7. The van der Waals surface area contributed by atoms with E-state index in [1.54, 1.807) is 13.2 Å². The van der Waals surface area contributed by atoms with Crippen molar-refractivity contribution in [3.63, 3.8) is 0 Å². The van der Waals surface area contributed by atoms with E-state index in [9.17, 15) is 9.90 Å². The van der Waals surface area contributed by atoms with Crippen molar-refractivity contribution >= 4 is 5.91 Å². The molecular weight excluding hydrogens is 316 g/mol. The Bertz CT molecular complexity index is 699. The molecular formula is C20H24N2O3. The van der Waals surface area contributed by atoms with Gasteiger partial charge in [0.05, 0.1) is 18.4 Å². The molecule has 1 aliphatic carbocycles. The van der Waals surface area contributed by atoms with E-state index < -0.39 is 0 Å². The number of pyridine rings is 1. The fourth-order valence-electron chi connectivity index (χ4n) is 3.24. The number of amides is 1. The van der Waals surface area contributed by atoms with Crippen LogP contribution in [0.4, 0.5) is 0 Å². The minimum absolute atomic E-state index is 0.00817. The Balaban J connectivity index is 1.70. The summed E-state index contributed by atoms with van der Waals surface area (Å²) in [6.07, 6.45) is 1.97. The molecule has 0 bridgehead atoms. The molecule has 0 aliphatic heterocycles. The molecule has 1 atom stereocenters. The Morgan fingerprint density at radius 3 is 2.68 bits per heavy atom. The Morgan fingerprint density at radius 2 is 2.00 bits per heavy atom. The predicted octanol–water partition coefficient (Wildman–Crippen LogP) is 2.34. The summed E-state index contributed by atoms with van der Waals surface area (Å²) in [7, 11) is 1.60. The van der Waals surface area contributed by atoms with Gasteiger partial charge in [0.25, 0.3) is 5.91 Å². The highest BCUT2D eigenvalue weighted by atomic mass is 16.5. The third-order valence-corrected chi connectivity index (χ3v) is 4.67. The lowest BCUT2D eigenvalue weighted by atomic mass is 9.75. The fourth-order valence-corrected chi connectivity index (χ4v) is 3.24. The van der Waals surface area contributed by atoms with Crippen molar-refractivity contribution in [3.8, 4) is 0 Å². The van der Waals surface area contributed by atoms with E-state index in [4.69, 9.17) is 4.74 Å². The van der Waals surface area contributed by atoms with Crippen LogP contribution in [0.1, 0.15) is 34.6 Å². The van der Waals surface area contributed by atoms with Gasteiger partial charge in [-0.15, -0.1) is 0 Å². The zero-order valence-corrected chi connectivity index (χ0v) is 14.4. The molecule has 0 unspecified atom stereocenters. The lowest BCUT2D eigenvalue weighted by Crippen LogP contribution is -2.48. The Labute approximate surface area is 148 Å². The first-order valence-electron chi connectivity index (χ1n) is 8.63. The van der Waals surface area contributed by atoms with Crippen molar-refractivity contribution in [2.45, 2.75) is 38.0 Å². The topological polar surface area (TPSA) is 71.5 Å². The molecule has 0 spiro atoms. The van der Waals surface area contributed by atoms with Crippen LogP contribution in [0.25, 0.3) is 0 Å². The number of rotatable bonds is 7. The molecule has 5 heteroatoms. The summed E-state index contributed by atoms with van der Waals surface area (Å²) in [6.45, 7) is 0.378. The molecule has 1 saturated carbocycles. The van der Waals surface area contributed by atoms with Crippen molar-refractivity contribution in [2.24, 2.45) is 5.92 Å². The number of aliphatic hydroxyl groups is 1. The van der Waals surface area contributed by atoms with E-state index >= 15 is 0 Å². The SMILES string of the molecule is COCc1cccc(C(=O)N[C@H](Cc2ccccc2)C2CC(O)C2)n1. The molecule has 1 aromatic heterocycles. The summed E-state index contributed by atoms with van der Waals surface area (Å²) >= 11 is 0. The molecule has 0 saturated heterocycles. The van der Waals surface area contributed by atoms with Crippen molar-refractivity contribution in [2.75, 3.05) is 7.11 Å². The van der Waals surface area contributed by atoms with Gasteiger partial charge in [0.2, 0.25) is 0 Å². The molecule has 1 heterocycles. The van der Waals surface area contributed by atoms with Crippen molar-refractivity contribution in [1.82, 2.24) is 10.3 Å². The van der Waals surface area contributed by atoms with Crippen LogP contribution in [0.15, 0.2) is 48.5 Å². The van der Waals surface area contributed by atoms with Crippen LogP contribution in [0, 0.1) is 5.92 Å². The van der Waals surface area contributed by atoms with Gasteiger partial charge in [-0.3, -0.25) is 4.79 Å². The number of carbonyl (C=O) groups excluding carboxylic acids is 1. The molecule has 3 rings (SSSR count). The van der Waals surface area contributed by atoms with Crippen LogP contribution in [0.5, 0.6) is 0 Å². The standard InChI is InChI=1S/C20H24N2O3/c1-25-13-16-8-5-9-18(21-16)20(24)22-19(15-11-17(23)12-15)10-14-6-3-2-4-7-14/h2-9,15,17,19,23H,10-13H2,1H3,(H,22,24)/t15?,17?,19-/m1/s1. The Kier molecular flexibility index (Phi) is 5.79. The molecule has 2 N–H and O–H groups in total. The first-order valence-corrected chi connectivity index (χ1v) is 8.63. The van der Waals surface area contributed by atoms with E-state index in [1.807, 2.05) is 30.3 Å². The number of carbonyl (C=O) groups is 1. The van der Waals surface area contributed by atoms with Crippen LogP contribution < -0.4 is 5.32 Å². The van der Waals surface area contributed by atoms with Gasteiger partial charge in [0.15, 0.2) is 0 Å². The van der Waals surface area contributed by atoms with Crippen molar-refractivity contribution in [1.29, 1.82) is 0 Å². The zero-order chi connectivity index (χ0) is 17.6. The number of hydrogen-bond acceptors (Lipinski definition) is 4. The number of ether oxygens (including phenoxy) is 1. The van der Waals surface area contributed by atoms with Crippen LogP contribution in [0.2, 0.25) is 0 Å². The monoisotopic (exact) mass is 340 g/mol. The quantitative estimate of drug-likeness (QED) is 0.811. The smallest absolute Gasteiger partial charge is 0.270 e. The number of aliphatic hydroxyl groups excluding tert-OH is 1. The number of aromatic nitrogens is 1. The summed E-state index contributed by atoms with van der Waals surface area (Å²) < 4.78 is 5.08. The highest BCUT2D eigenvalue weighted by Gasteiger charge is 2.35. The lowest BCUT2D eigenvalue weighted by Gasteiger charge is -2.38. The second-order valence-electron chi connectivity index (χ2n) is 6.60. The van der Waals surface area contributed by atoms with E-state index in [0.29, 0.717) is 18.2 Å². The molecule has 5 nitrogen and oxygen atoms in total. The zero-order valence-electron chi connectivity index (χ0n) is 14.4. The van der Waals surface area contributed by atoms with Gasteiger partial charge in [-0.2, -0.15) is 0 Å². The van der Waals surface area contributed by atoms with Gasteiger partial charge in [-0.25, -0.2) is 4.98 Å². The average molecular weight is 340 g/mol. The second kappa shape index (κ2) is 8.23. The van der Waals surface area contributed by atoms with Crippen LogP contribution in [0.3, 0.4) is 0 Å². The van der Waals surface area contributed by atoms with Crippen molar-refractivity contribution < 1.29 is 14.6 Å². The maximum Gasteiger partial charge on any atom is 0.270 e. The molecule has 1 fully saturated rings. The highest BCUT2D eigenvalue weighted by molar-refractivity contribution is 5.92. The van der Waals surface area contributed by atoms with E-state index in [1.165, 1.54) is 5.56 Å². The average Bonchev–Trinajstić information content (AvgIpc) is 2.60. The van der Waals surface area contributed by atoms with E-state index in [2.05, 4.69) is 22.4 Å². The Morgan fingerprint density at radius 1 is 1.24 bits per heavy atom. The molecule has 25 heavy (non-hydrogen) atoms. The van der Waals surface area contributed by atoms with Crippen molar-refractivity contribution in [3.05, 3.63) is 65.5 Å². The minimum Gasteiger partial charge on any atom is -0.393 e. The number of methoxy groups -OCH3 is 1. The minimum atomic E-state index is -0.247. The number of hydrogen-bond donors (Lipinski definition) is 2. The predicted molar refractivity (Wildman–Crippen MR) is 95.1 cm³/mol. The van der Waals surface area contributed by atoms with Gasteiger partial charge in [0.1, 0.15) is 5.69 Å². The van der Waals surface area contributed by atoms with E-state index in [0.717, 1.165) is 25.0 Å². The lowest BCUT2D eigenvalue weighted by molar-refractivity contribution is 0.0238. The Hall–Kier alpha value is -2.24. The third-order valence-electron chi connectivity index (χ3n) is 4.67. The summed E-state index contributed by atoms with van der Waals surface area (Å²) in [6, 6.07) is 15.5. The number of benzene rings is 1. The first-order chi connectivity index (χ1) is 12.2. The largest absolute Gasteiger partial charge is 0.393 e. The number of nitrogens with one attached hydrogen (secondary N) is 1. The van der Waals surface area contributed by atoms with Gasteiger partial charge < -0.3 is 15.2 Å². The molecule has 1 amide bonds. The summed E-state index contributed by atoms with van der Waals surface area (Å²) in [4.78, 5) is 17.0. The maximum atomic E-state index is 12.7. The van der Waals surface area contributed by atoms with Crippen LogP contribution in [-0.2, 0) is 17.8 Å². The summed E-state index contributed by atoms with van der Waals surface area (Å²) in [5, 5.41) is 12.8. The second-order valence-corrected chi connectivity index (χ2v) is 6.60. The van der Waals surface area contributed by atoms with Gasteiger partial charge in [0, 0.05) is 13.2 Å². The molecule has 0 radical (unpaired) electrons. The molecule has 1 aromatic carbocycles. The summed E-state index contributed by atoms with van der Waals surface area (Å²) in [5.41, 5.74) is 2.30. The fraction of sp³-hybridized carbons (Fsp3) is 0.400. The van der Waals surface area contributed by atoms with Crippen LogP contribution in [-0.4, -0.2) is 35.3 Å². The molecule has 1 aliphatic rings. The third kappa shape index (κ3) is 4.65. The first kappa shape index (κ1) is 17.6. The van der Waals surface area contributed by atoms with Crippen LogP contribution >= 0.6 is 0 Å². The molecule has 132 valence electrons. The molecule has 2 aromatic rings. The van der Waals surface area contributed by atoms with E-state index in [-0.39, 0.29) is 18.1 Å². The van der Waals surface area contributed by atoms with Gasteiger partial charge >= 0.3 is 0 Å².